The Bertz CT molecular complexity index is 966. The average molecular weight is 450 g/mol. The van der Waals surface area contributed by atoms with Gasteiger partial charge in [0.2, 0.25) is 11.8 Å². The fraction of sp³-hybridized carbons (Fsp3) is 0.444. The number of carbonyl (C=O) groups excluding carboxylic acids is 3. The van der Waals surface area contributed by atoms with Crippen molar-refractivity contribution in [3.05, 3.63) is 65.7 Å². The van der Waals surface area contributed by atoms with E-state index in [2.05, 4.69) is 22.8 Å². The zero-order valence-electron chi connectivity index (χ0n) is 19.9. The van der Waals surface area contributed by atoms with Crippen molar-refractivity contribution >= 4 is 23.4 Å². The summed E-state index contributed by atoms with van der Waals surface area (Å²) in [5.41, 5.74) is 1.87. The molecule has 1 aliphatic rings. The maximum atomic E-state index is 13.1. The van der Waals surface area contributed by atoms with Crippen LogP contribution in [0.2, 0.25) is 0 Å². The van der Waals surface area contributed by atoms with Crippen LogP contribution in [0.1, 0.15) is 56.0 Å². The number of rotatable bonds is 7. The van der Waals surface area contributed by atoms with Crippen LogP contribution in [0.15, 0.2) is 54.6 Å². The van der Waals surface area contributed by atoms with Crippen molar-refractivity contribution in [3.63, 3.8) is 0 Å². The van der Waals surface area contributed by atoms with Gasteiger partial charge in [0.15, 0.2) is 0 Å². The molecule has 6 heteroatoms. The van der Waals surface area contributed by atoms with Crippen molar-refractivity contribution in [3.8, 4) is 0 Å². The molecule has 2 N–H and O–H groups in total. The summed E-state index contributed by atoms with van der Waals surface area (Å²) in [4.78, 5) is 39.8. The van der Waals surface area contributed by atoms with Crippen LogP contribution >= 0.6 is 0 Å². The molecule has 6 nitrogen and oxygen atoms in total. The minimum absolute atomic E-state index is 0.0201. The molecule has 1 unspecified atom stereocenters. The predicted octanol–water partition coefficient (Wildman–Crippen LogP) is 4.27. The Morgan fingerprint density at radius 1 is 1.03 bits per heavy atom. The molecule has 33 heavy (non-hydrogen) atoms. The number of piperidine rings is 1. The second-order valence-corrected chi connectivity index (χ2v) is 9.76. The number of benzene rings is 2. The van der Waals surface area contributed by atoms with Crippen LogP contribution in [0, 0.1) is 11.3 Å². The lowest BCUT2D eigenvalue weighted by molar-refractivity contribution is -0.126. The second kappa shape index (κ2) is 11.1. The van der Waals surface area contributed by atoms with Gasteiger partial charge in [-0.3, -0.25) is 14.4 Å². The Morgan fingerprint density at radius 2 is 1.79 bits per heavy atom. The quantitative estimate of drug-likeness (QED) is 0.620. The summed E-state index contributed by atoms with van der Waals surface area (Å²) in [7, 11) is 0. The molecule has 1 aliphatic heterocycles. The number of likely N-dealkylation sites (tertiary alicyclic amines) is 1. The van der Waals surface area contributed by atoms with Gasteiger partial charge in [-0.25, -0.2) is 0 Å². The number of hydrogen-bond acceptors (Lipinski definition) is 3. The summed E-state index contributed by atoms with van der Waals surface area (Å²) in [6.07, 6.45) is 3.40. The Kier molecular flexibility index (Phi) is 8.26. The van der Waals surface area contributed by atoms with Crippen molar-refractivity contribution < 1.29 is 14.4 Å². The van der Waals surface area contributed by atoms with Crippen LogP contribution in [0.4, 0.5) is 5.69 Å². The van der Waals surface area contributed by atoms with Gasteiger partial charge in [-0.1, -0.05) is 57.2 Å². The molecule has 1 saturated heterocycles. The lowest BCUT2D eigenvalue weighted by Crippen LogP contribution is -2.45. The summed E-state index contributed by atoms with van der Waals surface area (Å²) in [5.74, 6) is -0.382. The van der Waals surface area contributed by atoms with Gasteiger partial charge < -0.3 is 15.5 Å². The normalized spacial score (nSPS) is 16.2. The molecule has 0 saturated carbocycles. The highest BCUT2D eigenvalue weighted by Crippen LogP contribution is 2.22. The molecule has 1 fully saturated rings. The largest absolute Gasteiger partial charge is 0.356 e. The first-order valence-electron chi connectivity index (χ1n) is 11.8. The topological polar surface area (TPSA) is 78.5 Å². The Morgan fingerprint density at radius 3 is 2.52 bits per heavy atom. The monoisotopic (exact) mass is 449 g/mol. The summed E-state index contributed by atoms with van der Waals surface area (Å²) >= 11 is 0. The van der Waals surface area contributed by atoms with E-state index < -0.39 is 5.41 Å². The molecule has 0 aliphatic carbocycles. The number of aryl methyl sites for hydroxylation is 1. The Balaban J connectivity index is 1.52. The van der Waals surface area contributed by atoms with Crippen LogP contribution in [0.3, 0.4) is 0 Å². The number of carbonyl (C=O) groups is 3. The molecule has 1 atom stereocenters. The van der Waals surface area contributed by atoms with E-state index in [9.17, 15) is 14.4 Å². The molecule has 1 heterocycles. The van der Waals surface area contributed by atoms with E-state index in [-0.39, 0.29) is 23.6 Å². The molecule has 2 aromatic carbocycles. The molecule has 0 spiro atoms. The van der Waals surface area contributed by atoms with Crippen LogP contribution < -0.4 is 10.6 Å². The third kappa shape index (κ3) is 7.17. The van der Waals surface area contributed by atoms with E-state index in [0.717, 1.165) is 25.7 Å². The maximum absolute atomic E-state index is 13.1. The number of amides is 3. The number of nitrogens with one attached hydrogen (secondary N) is 2. The highest BCUT2D eigenvalue weighted by atomic mass is 16.2. The number of hydrogen-bond donors (Lipinski definition) is 2. The lowest BCUT2D eigenvalue weighted by atomic mass is 9.95. The number of nitrogens with zero attached hydrogens (tertiary/aromatic N) is 1. The fourth-order valence-electron chi connectivity index (χ4n) is 3.90. The molecule has 0 aromatic heterocycles. The van der Waals surface area contributed by atoms with Crippen molar-refractivity contribution in [2.24, 2.45) is 11.3 Å². The molecule has 0 radical (unpaired) electrons. The lowest BCUT2D eigenvalue weighted by Gasteiger charge is -2.32. The van der Waals surface area contributed by atoms with Crippen molar-refractivity contribution in [1.29, 1.82) is 0 Å². The van der Waals surface area contributed by atoms with E-state index in [1.54, 1.807) is 29.2 Å². The van der Waals surface area contributed by atoms with Gasteiger partial charge in [-0.15, -0.1) is 0 Å². The predicted molar refractivity (Wildman–Crippen MR) is 131 cm³/mol. The summed E-state index contributed by atoms with van der Waals surface area (Å²) in [6, 6.07) is 17.2. The molecule has 2 aromatic rings. The van der Waals surface area contributed by atoms with E-state index in [1.165, 1.54) is 5.56 Å². The third-order valence-corrected chi connectivity index (χ3v) is 5.91. The minimum atomic E-state index is -0.519. The van der Waals surface area contributed by atoms with Crippen LogP contribution in [-0.4, -0.2) is 42.3 Å². The highest BCUT2D eigenvalue weighted by molar-refractivity contribution is 5.98. The molecule has 3 rings (SSSR count). The SMILES string of the molecule is CC(C)(C)C(=O)Nc1cccc(C(=O)N2CCCC(C(=O)NCCCc3ccccc3)C2)c1. The summed E-state index contributed by atoms with van der Waals surface area (Å²) < 4.78 is 0. The molecule has 3 amide bonds. The molecule has 0 bridgehead atoms. The summed E-state index contributed by atoms with van der Waals surface area (Å²) in [5, 5.41) is 5.92. The first-order valence-corrected chi connectivity index (χ1v) is 11.8. The van der Waals surface area contributed by atoms with Gasteiger partial charge in [-0.2, -0.15) is 0 Å². The van der Waals surface area contributed by atoms with Gasteiger partial charge in [0.25, 0.3) is 5.91 Å². The van der Waals surface area contributed by atoms with E-state index in [1.807, 2.05) is 39.0 Å². The Labute approximate surface area is 196 Å². The van der Waals surface area contributed by atoms with E-state index in [4.69, 9.17) is 0 Å². The zero-order chi connectivity index (χ0) is 23.8. The standard InChI is InChI=1S/C27H35N3O3/c1-27(2,3)26(33)29-23-15-7-13-21(18-23)25(32)30-17-9-14-22(19-30)24(31)28-16-8-12-20-10-5-4-6-11-20/h4-7,10-11,13,15,18,22H,8-9,12,14,16-17,19H2,1-3H3,(H,28,31)(H,29,33). The zero-order valence-corrected chi connectivity index (χ0v) is 19.9. The number of anilines is 1. The molecule has 176 valence electrons. The van der Waals surface area contributed by atoms with E-state index in [0.29, 0.717) is 30.9 Å². The van der Waals surface area contributed by atoms with Crippen molar-refractivity contribution in [2.75, 3.05) is 25.0 Å². The summed E-state index contributed by atoms with van der Waals surface area (Å²) in [6.45, 7) is 7.22. The Hall–Kier alpha value is -3.15. The fourth-order valence-corrected chi connectivity index (χ4v) is 3.90. The first kappa shape index (κ1) is 24.5. The third-order valence-electron chi connectivity index (χ3n) is 5.91. The van der Waals surface area contributed by atoms with E-state index >= 15 is 0 Å². The van der Waals surface area contributed by atoms with Crippen LogP contribution in [0.25, 0.3) is 0 Å². The molecular weight excluding hydrogens is 414 g/mol. The maximum Gasteiger partial charge on any atom is 0.253 e. The molecular formula is C27H35N3O3. The van der Waals surface area contributed by atoms with Gasteiger partial charge in [-0.05, 0) is 49.4 Å². The van der Waals surface area contributed by atoms with Crippen molar-refractivity contribution in [1.82, 2.24) is 10.2 Å². The van der Waals surface area contributed by atoms with Crippen LogP contribution in [-0.2, 0) is 16.0 Å². The smallest absolute Gasteiger partial charge is 0.253 e. The van der Waals surface area contributed by atoms with Crippen LogP contribution in [0.5, 0.6) is 0 Å². The minimum Gasteiger partial charge on any atom is -0.356 e. The van der Waals surface area contributed by atoms with Gasteiger partial charge in [0, 0.05) is 36.3 Å². The van der Waals surface area contributed by atoms with Gasteiger partial charge >= 0.3 is 0 Å². The van der Waals surface area contributed by atoms with Gasteiger partial charge in [0.1, 0.15) is 0 Å². The highest BCUT2D eigenvalue weighted by Gasteiger charge is 2.29. The second-order valence-electron chi connectivity index (χ2n) is 9.76. The average Bonchev–Trinajstić information content (AvgIpc) is 2.81. The van der Waals surface area contributed by atoms with Gasteiger partial charge in [0.05, 0.1) is 5.92 Å². The first-order chi connectivity index (χ1) is 15.7. The van der Waals surface area contributed by atoms with Crippen molar-refractivity contribution in [2.45, 2.75) is 46.5 Å².